The van der Waals surface area contributed by atoms with Crippen molar-refractivity contribution in [3.8, 4) is 6.07 Å². The van der Waals surface area contributed by atoms with Crippen molar-refractivity contribution < 1.29 is 28.2 Å². The zero-order valence-corrected chi connectivity index (χ0v) is 19.7. The number of carboxylic acid groups (broad SMARTS) is 1. The minimum atomic E-state index is -4.09. The summed E-state index contributed by atoms with van der Waals surface area (Å²) in [7, 11) is -2.75. The Morgan fingerprint density at radius 3 is 2.34 bits per heavy atom. The average molecular weight is 494 g/mol. The van der Waals surface area contributed by atoms with Crippen molar-refractivity contribution in [2.75, 3.05) is 12.4 Å². The van der Waals surface area contributed by atoms with E-state index in [0.717, 1.165) is 10.4 Å². The number of hydrogen-bond acceptors (Lipinski definition) is 6. The van der Waals surface area contributed by atoms with Crippen LogP contribution in [-0.2, 0) is 10.0 Å². The average Bonchev–Trinajstić information content (AvgIpc) is 2.87. The number of hydrogen-bond donors (Lipinski definition) is 3. The minimum absolute atomic E-state index is 0.0172. The highest BCUT2D eigenvalue weighted by atomic mass is 32.2. The molecule has 3 N–H and O–H groups in total. The topological polar surface area (TPSA) is 148 Å². The fourth-order valence-electron chi connectivity index (χ4n) is 3.40. The smallest absolute Gasteiger partial charge is 0.337 e. The Kier molecular flexibility index (Phi) is 7.66. The number of carbonyl (C=O) groups is 2. The monoisotopic (exact) mass is 493 g/mol. The molecular formula is C25H23N3O6S. The van der Waals surface area contributed by atoms with E-state index in [1.54, 1.807) is 37.3 Å². The molecule has 180 valence electrons. The molecular weight excluding hydrogens is 470 g/mol. The van der Waals surface area contributed by atoms with Crippen LogP contribution >= 0.6 is 0 Å². The summed E-state index contributed by atoms with van der Waals surface area (Å²) >= 11 is 0. The third-order valence-corrected chi connectivity index (χ3v) is 7.51. The number of benzene rings is 3. The van der Waals surface area contributed by atoms with Gasteiger partial charge in [-0.25, -0.2) is 13.2 Å². The quantitative estimate of drug-likeness (QED) is 0.436. The Morgan fingerprint density at radius 1 is 1.03 bits per heavy atom. The van der Waals surface area contributed by atoms with Crippen LogP contribution in [0.5, 0.6) is 0 Å². The van der Waals surface area contributed by atoms with Gasteiger partial charge in [-0.15, -0.1) is 0 Å². The number of rotatable bonds is 8. The maximum absolute atomic E-state index is 13.2. The second-order valence-electron chi connectivity index (χ2n) is 7.78. The van der Waals surface area contributed by atoms with Crippen LogP contribution in [0.4, 0.5) is 5.69 Å². The lowest BCUT2D eigenvalue weighted by molar-refractivity contribution is 0.0698. The second-order valence-corrected chi connectivity index (χ2v) is 9.77. The van der Waals surface area contributed by atoms with E-state index in [1.807, 2.05) is 6.07 Å². The largest absolute Gasteiger partial charge is 0.478 e. The van der Waals surface area contributed by atoms with Crippen LogP contribution in [0.25, 0.3) is 0 Å². The normalized spacial score (nSPS) is 13.0. The molecule has 2 atom stereocenters. The number of nitrogens with one attached hydrogen (secondary N) is 1. The Bertz CT molecular complexity index is 1400. The molecule has 2 unspecified atom stereocenters. The van der Waals surface area contributed by atoms with Crippen molar-refractivity contribution in [2.24, 2.45) is 0 Å². The van der Waals surface area contributed by atoms with Gasteiger partial charge in [0.25, 0.3) is 5.91 Å². The van der Waals surface area contributed by atoms with Gasteiger partial charge in [-0.2, -0.15) is 9.57 Å². The lowest BCUT2D eigenvalue weighted by atomic mass is 10.0. The molecule has 1 amide bonds. The van der Waals surface area contributed by atoms with Gasteiger partial charge in [-0.05, 0) is 48.9 Å². The van der Waals surface area contributed by atoms with Gasteiger partial charge in [0.1, 0.15) is 0 Å². The molecule has 35 heavy (non-hydrogen) atoms. The molecule has 0 aliphatic rings. The van der Waals surface area contributed by atoms with Crippen LogP contribution in [0.15, 0.2) is 77.7 Å². The molecule has 0 saturated carbocycles. The minimum Gasteiger partial charge on any atom is -0.478 e. The van der Waals surface area contributed by atoms with E-state index in [1.165, 1.54) is 43.4 Å². The van der Waals surface area contributed by atoms with Gasteiger partial charge in [-0.1, -0.05) is 36.4 Å². The molecule has 0 bridgehead atoms. The predicted molar refractivity (Wildman–Crippen MR) is 128 cm³/mol. The van der Waals surface area contributed by atoms with E-state index >= 15 is 0 Å². The van der Waals surface area contributed by atoms with Gasteiger partial charge in [-0.3, -0.25) is 4.79 Å². The summed E-state index contributed by atoms with van der Waals surface area (Å²) in [6, 6.07) is 18.8. The van der Waals surface area contributed by atoms with Gasteiger partial charge in [0.05, 0.1) is 39.9 Å². The first kappa shape index (κ1) is 25.6. The van der Waals surface area contributed by atoms with Crippen LogP contribution in [0.1, 0.15) is 44.9 Å². The molecule has 0 aliphatic heterocycles. The summed E-state index contributed by atoms with van der Waals surface area (Å²) in [6.07, 6.45) is -1.08. The lowest BCUT2D eigenvalue weighted by Gasteiger charge is -2.28. The highest BCUT2D eigenvalue weighted by Crippen LogP contribution is 2.26. The van der Waals surface area contributed by atoms with Crippen molar-refractivity contribution in [1.29, 1.82) is 5.26 Å². The van der Waals surface area contributed by atoms with Crippen LogP contribution in [0.3, 0.4) is 0 Å². The first-order valence-electron chi connectivity index (χ1n) is 10.5. The molecule has 10 heteroatoms. The van der Waals surface area contributed by atoms with Crippen LogP contribution in [0.2, 0.25) is 0 Å². The maximum Gasteiger partial charge on any atom is 0.337 e. The first-order chi connectivity index (χ1) is 16.6. The molecule has 0 radical (unpaired) electrons. The predicted octanol–water partition coefficient (Wildman–Crippen LogP) is 3.25. The van der Waals surface area contributed by atoms with E-state index in [2.05, 4.69) is 5.32 Å². The van der Waals surface area contributed by atoms with Crippen LogP contribution in [-0.4, -0.2) is 47.9 Å². The van der Waals surface area contributed by atoms with Crippen molar-refractivity contribution in [3.05, 3.63) is 95.1 Å². The first-order valence-corrected chi connectivity index (χ1v) is 11.9. The SMILES string of the molecule is CC(C(O)c1ccccc1)N(C)S(=O)(=O)c1cccc(C(=O)Nc2ccc(C#N)cc2C(=O)O)c1. The van der Waals surface area contributed by atoms with Gasteiger partial charge in [0.2, 0.25) is 10.0 Å². The number of amides is 1. The molecule has 0 heterocycles. The number of likely N-dealkylation sites (N-methyl/N-ethyl adjacent to an activating group) is 1. The number of carbonyl (C=O) groups excluding carboxylic acids is 1. The molecule has 0 aromatic heterocycles. The van der Waals surface area contributed by atoms with Gasteiger partial charge in [0, 0.05) is 12.6 Å². The molecule has 3 aromatic carbocycles. The van der Waals surface area contributed by atoms with Gasteiger partial charge < -0.3 is 15.5 Å². The summed E-state index contributed by atoms with van der Waals surface area (Å²) in [6.45, 7) is 1.57. The molecule has 0 aliphatic carbocycles. The van der Waals surface area contributed by atoms with Crippen molar-refractivity contribution in [3.63, 3.8) is 0 Å². The van der Waals surface area contributed by atoms with Crippen molar-refractivity contribution in [1.82, 2.24) is 4.31 Å². The maximum atomic E-state index is 13.2. The number of aliphatic hydroxyl groups is 1. The molecule has 3 aromatic rings. The number of aliphatic hydroxyl groups excluding tert-OH is 1. The summed E-state index contributed by atoms with van der Waals surface area (Å²) in [4.78, 5) is 24.2. The molecule has 0 spiro atoms. The van der Waals surface area contributed by atoms with Gasteiger partial charge in [0.15, 0.2) is 0 Å². The Balaban J connectivity index is 1.86. The zero-order valence-electron chi connectivity index (χ0n) is 18.9. The standard InChI is InChI=1S/C25H23N3O6S/c1-16(23(29)18-7-4-3-5-8-18)28(2)35(33,34)20-10-6-9-19(14-20)24(30)27-22-12-11-17(15-26)13-21(22)25(31)32/h3-14,16,23,29H,1-2H3,(H,27,30)(H,31,32). The van der Waals surface area contributed by atoms with Crippen LogP contribution in [0, 0.1) is 11.3 Å². The van der Waals surface area contributed by atoms with E-state index < -0.39 is 34.0 Å². The zero-order chi connectivity index (χ0) is 25.8. The van der Waals surface area contributed by atoms with Crippen LogP contribution < -0.4 is 5.32 Å². The summed E-state index contributed by atoms with van der Waals surface area (Å²) in [5, 5.41) is 31.5. The third-order valence-electron chi connectivity index (χ3n) is 5.57. The summed E-state index contributed by atoms with van der Waals surface area (Å²) < 4.78 is 27.5. The summed E-state index contributed by atoms with van der Waals surface area (Å²) in [5.74, 6) is -2.06. The van der Waals surface area contributed by atoms with E-state index in [0.29, 0.717) is 5.56 Å². The fraction of sp³-hybridized carbons (Fsp3) is 0.160. The molecule has 0 fully saturated rings. The number of carboxylic acids is 1. The number of anilines is 1. The number of aromatic carboxylic acids is 1. The Hall–Kier alpha value is -4.04. The third kappa shape index (κ3) is 5.55. The van der Waals surface area contributed by atoms with E-state index in [9.17, 15) is 28.2 Å². The summed E-state index contributed by atoms with van der Waals surface area (Å²) in [5.41, 5.74) is 0.350. The fourth-order valence-corrected chi connectivity index (χ4v) is 4.82. The van der Waals surface area contributed by atoms with E-state index in [4.69, 9.17) is 5.26 Å². The lowest BCUT2D eigenvalue weighted by Crippen LogP contribution is -2.39. The Morgan fingerprint density at radius 2 is 1.71 bits per heavy atom. The molecule has 3 rings (SSSR count). The molecule has 9 nitrogen and oxygen atoms in total. The second kappa shape index (κ2) is 10.5. The highest BCUT2D eigenvalue weighted by Gasteiger charge is 2.31. The number of sulfonamides is 1. The highest BCUT2D eigenvalue weighted by molar-refractivity contribution is 7.89. The number of nitriles is 1. The van der Waals surface area contributed by atoms with Crippen molar-refractivity contribution in [2.45, 2.75) is 24.0 Å². The number of nitrogens with zero attached hydrogens (tertiary/aromatic N) is 2. The Labute approximate surface area is 202 Å². The van der Waals surface area contributed by atoms with E-state index in [-0.39, 0.29) is 27.3 Å². The van der Waals surface area contributed by atoms with Crippen molar-refractivity contribution >= 4 is 27.6 Å². The molecule has 0 saturated heterocycles. The van der Waals surface area contributed by atoms with Gasteiger partial charge >= 0.3 is 5.97 Å².